The molecule has 0 spiro atoms. The largest absolute Gasteiger partial charge is 0.395 e. The Morgan fingerprint density at radius 2 is 1.95 bits per heavy atom. The lowest BCUT2D eigenvalue weighted by atomic mass is 9.88. The van der Waals surface area contributed by atoms with Gasteiger partial charge in [0.15, 0.2) is 0 Å². The van der Waals surface area contributed by atoms with Crippen LogP contribution in [0.5, 0.6) is 0 Å². The van der Waals surface area contributed by atoms with E-state index in [1.165, 1.54) is 5.57 Å². The minimum Gasteiger partial charge on any atom is -0.395 e. The first-order chi connectivity index (χ1) is 9.00. The maximum atomic E-state index is 12.1. The minimum absolute atomic E-state index is 0.0268. The van der Waals surface area contributed by atoms with Crippen LogP contribution in [0.2, 0.25) is 0 Å². The summed E-state index contributed by atoms with van der Waals surface area (Å²) in [5.41, 5.74) is 9.01. The molecule has 3 nitrogen and oxygen atoms in total. The molecule has 2 N–H and O–H groups in total. The van der Waals surface area contributed by atoms with Crippen LogP contribution in [-0.4, -0.2) is 11.6 Å². The quantitative estimate of drug-likeness (QED) is 0.667. The van der Waals surface area contributed by atoms with Gasteiger partial charge in [0.1, 0.15) is 0 Å². The van der Waals surface area contributed by atoms with E-state index in [4.69, 9.17) is 5.73 Å². The van der Waals surface area contributed by atoms with E-state index >= 15 is 0 Å². The summed E-state index contributed by atoms with van der Waals surface area (Å²) in [4.78, 5) is 23.7. The molecule has 0 heterocycles. The molecule has 1 aliphatic rings. The van der Waals surface area contributed by atoms with Crippen molar-refractivity contribution in [2.24, 2.45) is 5.73 Å². The molecular formula is C16H17NO2. The predicted molar refractivity (Wildman–Crippen MR) is 75.7 cm³/mol. The molecule has 0 radical (unpaired) electrons. The number of rotatable bonds is 3. The highest BCUT2D eigenvalue weighted by Crippen LogP contribution is 2.24. The highest BCUT2D eigenvalue weighted by Gasteiger charge is 2.27. The summed E-state index contributed by atoms with van der Waals surface area (Å²) in [6, 6.07) is 5.61. The van der Waals surface area contributed by atoms with E-state index in [-0.39, 0.29) is 5.70 Å². The Balaban J connectivity index is 2.39. The molecule has 0 saturated carbocycles. The van der Waals surface area contributed by atoms with Crippen LogP contribution in [0.4, 0.5) is 0 Å². The molecule has 1 aliphatic carbocycles. The van der Waals surface area contributed by atoms with Crippen molar-refractivity contribution >= 4 is 17.6 Å². The molecule has 0 aromatic heterocycles. The second kappa shape index (κ2) is 5.22. The molecule has 0 bridgehead atoms. The zero-order valence-electron chi connectivity index (χ0n) is 11.2. The number of carbonyl (C=O) groups excluding carboxylic acids is 2. The third kappa shape index (κ3) is 2.65. The number of allylic oxidation sites excluding steroid dienone is 3. The highest BCUT2D eigenvalue weighted by atomic mass is 16.2. The molecule has 0 aliphatic heterocycles. The number of hydrogen-bond acceptors (Lipinski definition) is 3. The van der Waals surface area contributed by atoms with Crippen molar-refractivity contribution in [2.45, 2.75) is 26.7 Å². The molecule has 0 atom stereocenters. The first-order valence-electron chi connectivity index (χ1n) is 6.32. The normalized spacial score (nSPS) is 13.9. The van der Waals surface area contributed by atoms with Gasteiger partial charge >= 0.3 is 0 Å². The Morgan fingerprint density at radius 1 is 1.21 bits per heavy atom. The van der Waals surface area contributed by atoms with Gasteiger partial charge in [0.05, 0.1) is 5.70 Å². The summed E-state index contributed by atoms with van der Waals surface area (Å²) >= 11 is 0. The van der Waals surface area contributed by atoms with E-state index < -0.39 is 11.6 Å². The van der Waals surface area contributed by atoms with Crippen LogP contribution in [0.25, 0.3) is 6.08 Å². The topological polar surface area (TPSA) is 60.2 Å². The van der Waals surface area contributed by atoms with Gasteiger partial charge in [0, 0.05) is 5.56 Å². The van der Waals surface area contributed by atoms with Crippen LogP contribution >= 0.6 is 0 Å². The predicted octanol–water partition coefficient (Wildman–Crippen LogP) is 2.65. The van der Waals surface area contributed by atoms with Crippen LogP contribution in [0.3, 0.4) is 0 Å². The zero-order valence-corrected chi connectivity index (χ0v) is 11.2. The van der Waals surface area contributed by atoms with Gasteiger partial charge in [-0.2, -0.15) is 0 Å². The van der Waals surface area contributed by atoms with Crippen LogP contribution in [-0.2, 0) is 11.2 Å². The van der Waals surface area contributed by atoms with Crippen molar-refractivity contribution < 1.29 is 9.59 Å². The summed E-state index contributed by atoms with van der Waals surface area (Å²) in [6.07, 6.45) is 5.32. The molecule has 98 valence electrons. The maximum absolute atomic E-state index is 12.1. The van der Waals surface area contributed by atoms with Crippen molar-refractivity contribution in [1.82, 2.24) is 0 Å². The Morgan fingerprint density at radius 3 is 2.63 bits per heavy atom. The third-order valence-electron chi connectivity index (χ3n) is 3.16. The van der Waals surface area contributed by atoms with Gasteiger partial charge in [-0.15, -0.1) is 0 Å². The summed E-state index contributed by atoms with van der Waals surface area (Å²) < 4.78 is 0. The minimum atomic E-state index is -0.595. The van der Waals surface area contributed by atoms with Crippen molar-refractivity contribution in [2.75, 3.05) is 0 Å². The SMILES string of the molecule is CC(C)=CCCc1cccc2c1C(=O)C(=O)C(N)=C2. The molecule has 3 heteroatoms. The first-order valence-corrected chi connectivity index (χ1v) is 6.32. The molecule has 1 aromatic carbocycles. The Bertz CT molecular complexity index is 605. The fourth-order valence-electron chi connectivity index (χ4n) is 2.22. The van der Waals surface area contributed by atoms with Gasteiger partial charge in [-0.05, 0) is 43.9 Å². The Kier molecular flexibility index (Phi) is 3.65. The van der Waals surface area contributed by atoms with Crippen molar-refractivity contribution in [3.63, 3.8) is 0 Å². The second-order valence-electron chi connectivity index (χ2n) is 4.96. The van der Waals surface area contributed by atoms with E-state index in [1.807, 2.05) is 32.0 Å². The van der Waals surface area contributed by atoms with Gasteiger partial charge < -0.3 is 5.73 Å². The highest BCUT2D eigenvalue weighted by molar-refractivity contribution is 6.51. The Labute approximate surface area is 112 Å². The maximum Gasteiger partial charge on any atom is 0.249 e. The van der Waals surface area contributed by atoms with Crippen LogP contribution in [0.1, 0.15) is 41.8 Å². The smallest absolute Gasteiger partial charge is 0.249 e. The van der Waals surface area contributed by atoms with E-state index in [1.54, 1.807) is 6.08 Å². The summed E-state index contributed by atoms with van der Waals surface area (Å²) in [5, 5.41) is 0. The summed E-state index contributed by atoms with van der Waals surface area (Å²) in [6.45, 7) is 4.08. The fraction of sp³-hybridized carbons (Fsp3) is 0.250. The molecule has 0 saturated heterocycles. The third-order valence-corrected chi connectivity index (χ3v) is 3.16. The number of Topliss-reactive ketones (excluding diaryl/α,β-unsaturated/α-hetero) is 2. The van der Waals surface area contributed by atoms with Crippen molar-refractivity contribution in [1.29, 1.82) is 0 Å². The van der Waals surface area contributed by atoms with E-state index in [9.17, 15) is 9.59 Å². The number of hydrogen-bond donors (Lipinski definition) is 1. The Hall–Kier alpha value is -2.16. The van der Waals surface area contributed by atoms with Gasteiger partial charge in [0.2, 0.25) is 11.6 Å². The lowest BCUT2D eigenvalue weighted by Gasteiger charge is -2.15. The number of benzene rings is 1. The van der Waals surface area contributed by atoms with Gasteiger partial charge in [-0.3, -0.25) is 9.59 Å². The number of aryl methyl sites for hydroxylation is 1. The van der Waals surface area contributed by atoms with E-state index in [0.29, 0.717) is 5.56 Å². The average molecular weight is 255 g/mol. The average Bonchev–Trinajstić information content (AvgIpc) is 2.35. The van der Waals surface area contributed by atoms with Crippen molar-refractivity contribution in [3.8, 4) is 0 Å². The van der Waals surface area contributed by atoms with Gasteiger partial charge in [-0.1, -0.05) is 29.8 Å². The monoisotopic (exact) mass is 255 g/mol. The fourth-order valence-corrected chi connectivity index (χ4v) is 2.22. The molecule has 0 unspecified atom stereocenters. The van der Waals surface area contributed by atoms with Crippen LogP contribution < -0.4 is 5.73 Å². The number of ketones is 2. The van der Waals surface area contributed by atoms with E-state index in [2.05, 4.69) is 6.08 Å². The number of carbonyl (C=O) groups is 2. The molecule has 2 rings (SSSR count). The molecule has 19 heavy (non-hydrogen) atoms. The first kappa shape index (κ1) is 13.3. The summed E-state index contributed by atoms with van der Waals surface area (Å²) in [7, 11) is 0. The molecule has 0 amide bonds. The van der Waals surface area contributed by atoms with E-state index in [0.717, 1.165) is 24.0 Å². The van der Waals surface area contributed by atoms with Gasteiger partial charge in [0.25, 0.3) is 0 Å². The zero-order chi connectivity index (χ0) is 14.0. The summed E-state index contributed by atoms with van der Waals surface area (Å²) in [5.74, 6) is -1.08. The van der Waals surface area contributed by atoms with Crippen molar-refractivity contribution in [3.05, 3.63) is 52.2 Å². The lowest BCUT2D eigenvalue weighted by Crippen LogP contribution is -2.26. The van der Waals surface area contributed by atoms with Crippen LogP contribution in [0, 0.1) is 0 Å². The standard InChI is InChI=1S/C16H17NO2/c1-10(2)5-3-6-11-7-4-8-12-9-13(17)15(18)16(19)14(11)12/h4-5,7-9H,3,6,17H2,1-2H3. The second-order valence-corrected chi connectivity index (χ2v) is 4.96. The number of nitrogens with two attached hydrogens (primary N) is 1. The molecule has 1 aromatic rings. The molecule has 0 fully saturated rings. The lowest BCUT2D eigenvalue weighted by molar-refractivity contribution is -0.111. The number of fused-ring (bicyclic) bond motifs is 1. The molecular weight excluding hydrogens is 238 g/mol. The van der Waals surface area contributed by atoms with Crippen LogP contribution in [0.15, 0.2) is 35.5 Å². The van der Waals surface area contributed by atoms with Gasteiger partial charge in [-0.25, -0.2) is 0 Å².